The van der Waals surface area contributed by atoms with Gasteiger partial charge in [0.25, 0.3) is 5.91 Å². The highest BCUT2D eigenvalue weighted by Crippen LogP contribution is 2.30. The fraction of sp³-hybridized carbons (Fsp3) is 0.182. The lowest BCUT2D eigenvalue weighted by Crippen LogP contribution is -2.19. The number of nitrogens with zero attached hydrogens (tertiary/aromatic N) is 4. The van der Waals surface area contributed by atoms with Crippen LogP contribution in [0.15, 0.2) is 48.5 Å². The van der Waals surface area contributed by atoms with E-state index in [1.165, 1.54) is 0 Å². The van der Waals surface area contributed by atoms with Crippen LogP contribution < -0.4 is 10.1 Å². The number of hydrogen-bond acceptors (Lipinski definition) is 6. The van der Waals surface area contributed by atoms with E-state index in [0.29, 0.717) is 33.5 Å². The van der Waals surface area contributed by atoms with E-state index in [1.807, 2.05) is 24.3 Å². The molecule has 0 aliphatic carbocycles. The minimum Gasteiger partial charge on any atom is -0.495 e. The first-order valence-electron chi connectivity index (χ1n) is 9.47. The number of anilines is 1. The molecule has 4 rings (SSSR count). The van der Waals surface area contributed by atoms with E-state index in [-0.39, 0.29) is 12.3 Å². The quantitative estimate of drug-likeness (QED) is 0.487. The van der Waals surface area contributed by atoms with Crippen molar-refractivity contribution in [3.05, 3.63) is 70.6 Å². The Kier molecular flexibility index (Phi) is 5.83. The molecule has 2 aromatic heterocycles. The fourth-order valence-electron chi connectivity index (χ4n) is 3.34. The Hall–Kier alpha value is -3.49. The summed E-state index contributed by atoms with van der Waals surface area (Å²) >= 11 is 6.03. The van der Waals surface area contributed by atoms with Gasteiger partial charge in [0.2, 0.25) is 0 Å². The van der Waals surface area contributed by atoms with Gasteiger partial charge in [-0.1, -0.05) is 35.9 Å². The van der Waals surface area contributed by atoms with Gasteiger partial charge in [0.15, 0.2) is 11.3 Å². The third-order valence-electron chi connectivity index (χ3n) is 4.82. The highest BCUT2D eigenvalue weighted by atomic mass is 35.5. The van der Waals surface area contributed by atoms with Crippen LogP contribution in [0.4, 0.5) is 5.69 Å². The highest BCUT2D eigenvalue weighted by molar-refractivity contribution is 6.30. The molecule has 0 fully saturated rings. The summed E-state index contributed by atoms with van der Waals surface area (Å²) in [6, 6.07) is 14.5. The van der Waals surface area contributed by atoms with Crippen LogP contribution in [0.3, 0.4) is 0 Å². The summed E-state index contributed by atoms with van der Waals surface area (Å²) in [5.74, 6) is 0.141. The van der Waals surface area contributed by atoms with E-state index >= 15 is 0 Å². The SMILES string of the molecule is COCc1nn2c(C)c(C(=O)Nc3ccccc3OC)nnc2c1-c1ccc(Cl)cc1. The zero-order valence-electron chi connectivity index (χ0n) is 17.2. The molecule has 0 aliphatic heterocycles. The molecule has 0 unspecified atom stereocenters. The first-order valence-corrected chi connectivity index (χ1v) is 9.85. The first-order chi connectivity index (χ1) is 15.0. The number of nitrogens with one attached hydrogen (secondary N) is 1. The predicted octanol–water partition coefficient (Wildman–Crippen LogP) is 4.16. The van der Waals surface area contributed by atoms with E-state index in [9.17, 15) is 4.79 Å². The zero-order valence-corrected chi connectivity index (χ0v) is 18.0. The molecule has 1 N–H and O–H groups in total. The summed E-state index contributed by atoms with van der Waals surface area (Å²) < 4.78 is 12.2. The molecule has 0 aliphatic rings. The average molecular weight is 438 g/mol. The average Bonchev–Trinajstić information content (AvgIpc) is 3.14. The van der Waals surface area contributed by atoms with Crippen LogP contribution in [0.25, 0.3) is 16.8 Å². The van der Waals surface area contributed by atoms with Gasteiger partial charge < -0.3 is 14.8 Å². The Balaban J connectivity index is 1.78. The second-order valence-corrected chi connectivity index (χ2v) is 7.22. The van der Waals surface area contributed by atoms with Crippen LogP contribution in [-0.2, 0) is 11.3 Å². The summed E-state index contributed by atoms with van der Waals surface area (Å²) in [4.78, 5) is 12.9. The third kappa shape index (κ3) is 3.95. The number of ether oxygens (including phenoxy) is 2. The van der Waals surface area contributed by atoms with Gasteiger partial charge >= 0.3 is 0 Å². The van der Waals surface area contributed by atoms with E-state index in [0.717, 1.165) is 11.1 Å². The molecule has 2 heterocycles. The molecular formula is C22H20ClN5O3. The number of carbonyl (C=O) groups excluding carboxylic acids is 1. The van der Waals surface area contributed by atoms with Crippen LogP contribution in [0, 0.1) is 6.92 Å². The number of amides is 1. The summed E-state index contributed by atoms with van der Waals surface area (Å²) in [5.41, 5.74) is 4.13. The number of benzene rings is 2. The van der Waals surface area contributed by atoms with E-state index in [4.69, 9.17) is 21.1 Å². The van der Waals surface area contributed by atoms with Crippen LogP contribution in [0.1, 0.15) is 21.9 Å². The second-order valence-electron chi connectivity index (χ2n) is 6.79. The van der Waals surface area contributed by atoms with Crippen molar-refractivity contribution >= 4 is 28.8 Å². The Labute approximate surface area is 183 Å². The molecule has 4 aromatic rings. The third-order valence-corrected chi connectivity index (χ3v) is 5.07. The summed E-state index contributed by atoms with van der Waals surface area (Å²) in [7, 11) is 3.14. The van der Waals surface area contributed by atoms with Crippen molar-refractivity contribution in [3.63, 3.8) is 0 Å². The van der Waals surface area contributed by atoms with Gasteiger partial charge in [0, 0.05) is 12.1 Å². The maximum absolute atomic E-state index is 12.9. The van der Waals surface area contributed by atoms with E-state index < -0.39 is 5.91 Å². The smallest absolute Gasteiger partial charge is 0.278 e. The molecule has 2 aromatic carbocycles. The molecule has 1 amide bonds. The molecule has 0 radical (unpaired) electrons. The van der Waals surface area contributed by atoms with Crippen molar-refractivity contribution in [2.45, 2.75) is 13.5 Å². The molecule has 0 spiro atoms. The summed E-state index contributed by atoms with van der Waals surface area (Å²) in [6.07, 6.45) is 0. The molecule has 0 saturated heterocycles. The van der Waals surface area contributed by atoms with Crippen molar-refractivity contribution in [2.75, 3.05) is 19.5 Å². The van der Waals surface area contributed by atoms with Crippen molar-refractivity contribution in [3.8, 4) is 16.9 Å². The Morgan fingerprint density at radius 3 is 2.55 bits per heavy atom. The minimum atomic E-state index is -0.409. The largest absolute Gasteiger partial charge is 0.495 e. The maximum Gasteiger partial charge on any atom is 0.278 e. The lowest BCUT2D eigenvalue weighted by Gasteiger charge is -2.10. The maximum atomic E-state index is 12.9. The first kappa shape index (κ1) is 20.8. The number of halogens is 1. The highest BCUT2D eigenvalue weighted by Gasteiger charge is 2.22. The van der Waals surface area contributed by atoms with Crippen LogP contribution in [0.5, 0.6) is 5.75 Å². The molecule has 0 atom stereocenters. The Morgan fingerprint density at radius 2 is 1.84 bits per heavy atom. The van der Waals surface area contributed by atoms with E-state index in [1.54, 1.807) is 49.9 Å². The van der Waals surface area contributed by atoms with Gasteiger partial charge in [-0.15, -0.1) is 10.2 Å². The Bertz CT molecular complexity index is 1250. The topological polar surface area (TPSA) is 90.6 Å². The molecule has 31 heavy (non-hydrogen) atoms. The predicted molar refractivity (Wildman–Crippen MR) is 118 cm³/mol. The Morgan fingerprint density at radius 1 is 1.10 bits per heavy atom. The number of aromatic nitrogens is 4. The normalized spacial score (nSPS) is 11.0. The number of methoxy groups -OCH3 is 2. The van der Waals surface area contributed by atoms with Gasteiger partial charge in [-0.25, -0.2) is 4.52 Å². The van der Waals surface area contributed by atoms with Crippen molar-refractivity contribution < 1.29 is 14.3 Å². The molecular weight excluding hydrogens is 418 g/mol. The molecule has 8 nitrogen and oxygen atoms in total. The van der Waals surface area contributed by atoms with Gasteiger partial charge in [0.05, 0.1) is 36.4 Å². The standard InChI is InChI=1S/C22H20ClN5O3/c1-13-20(22(29)24-16-6-4-5-7-18(16)31-3)25-26-21-19(14-8-10-15(23)11-9-14)17(12-30-2)27-28(13)21/h4-11H,12H2,1-3H3,(H,24,29). The van der Waals surface area contributed by atoms with E-state index in [2.05, 4.69) is 20.6 Å². The molecule has 158 valence electrons. The van der Waals surface area contributed by atoms with Gasteiger partial charge in [-0.2, -0.15) is 5.10 Å². The number of fused-ring (bicyclic) bond motifs is 1. The van der Waals surface area contributed by atoms with Gasteiger partial charge in [-0.05, 0) is 36.8 Å². The monoisotopic (exact) mass is 437 g/mol. The zero-order chi connectivity index (χ0) is 22.0. The van der Waals surface area contributed by atoms with Crippen molar-refractivity contribution in [1.29, 1.82) is 0 Å². The number of para-hydroxylation sites is 2. The molecule has 9 heteroatoms. The number of rotatable bonds is 6. The van der Waals surface area contributed by atoms with Crippen molar-refractivity contribution in [1.82, 2.24) is 19.8 Å². The van der Waals surface area contributed by atoms with Gasteiger partial charge in [-0.3, -0.25) is 4.79 Å². The lowest BCUT2D eigenvalue weighted by atomic mass is 10.1. The van der Waals surface area contributed by atoms with Crippen LogP contribution in [-0.4, -0.2) is 39.9 Å². The fourth-order valence-corrected chi connectivity index (χ4v) is 3.46. The van der Waals surface area contributed by atoms with Gasteiger partial charge in [0.1, 0.15) is 5.75 Å². The van der Waals surface area contributed by atoms with Crippen LogP contribution in [0.2, 0.25) is 5.02 Å². The summed E-state index contributed by atoms with van der Waals surface area (Å²) in [5, 5.41) is 16.6. The second kappa shape index (κ2) is 8.71. The molecule has 0 saturated carbocycles. The number of aryl methyl sites for hydroxylation is 1. The lowest BCUT2D eigenvalue weighted by molar-refractivity contribution is 0.101. The van der Waals surface area contributed by atoms with Crippen molar-refractivity contribution in [2.24, 2.45) is 0 Å². The number of carbonyl (C=O) groups is 1. The minimum absolute atomic E-state index is 0.160. The number of hydrogen-bond donors (Lipinski definition) is 1. The summed E-state index contributed by atoms with van der Waals surface area (Å²) in [6.45, 7) is 2.05. The molecule has 0 bridgehead atoms. The van der Waals surface area contributed by atoms with Crippen LogP contribution >= 0.6 is 11.6 Å².